The van der Waals surface area contributed by atoms with E-state index in [2.05, 4.69) is 10.3 Å². The van der Waals surface area contributed by atoms with E-state index in [4.69, 9.17) is 9.84 Å². The average molecular weight is 359 g/mol. The van der Waals surface area contributed by atoms with Crippen molar-refractivity contribution in [2.24, 2.45) is 0 Å². The van der Waals surface area contributed by atoms with E-state index in [9.17, 15) is 4.79 Å². The fourth-order valence-corrected chi connectivity index (χ4v) is 2.55. The molecule has 0 radical (unpaired) electrons. The molecule has 0 amide bonds. The molecule has 3 rings (SSSR count). The van der Waals surface area contributed by atoms with Crippen molar-refractivity contribution in [2.75, 3.05) is 11.9 Å². The van der Waals surface area contributed by atoms with Gasteiger partial charge in [-0.1, -0.05) is 0 Å². The summed E-state index contributed by atoms with van der Waals surface area (Å²) in [5, 5.41) is 13.3. The quantitative estimate of drug-likeness (QED) is 0.685. The van der Waals surface area contributed by atoms with Crippen LogP contribution in [-0.4, -0.2) is 22.7 Å². The first-order valence-corrected chi connectivity index (χ1v) is 7.71. The summed E-state index contributed by atoms with van der Waals surface area (Å²) in [6.45, 7) is 4.49. The van der Waals surface area contributed by atoms with Gasteiger partial charge >= 0.3 is 5.97 Å². The lowest BCUT2D eigenvalue weighted by atomic mass is 10.1. The van der Waals surface area contributed by atoms with E-state index >= 15 is 0 Å². The van der Waals surface area contributed by atoms with Gasteiger partial charge in [0.1, 0.15) is 5.75 Å². The van der Waals surface area contributed by atoms with E-state index < -0.39 is 5.97 Å². The number of benzene rings is 2. The Morgan fingerprint density at radius 3 is 2.52 bits per heavy atom. The Labute approximate surface area is 152 Å². The molecule has 1 heterocycles. The molecule has 0 spiro atoms. The number of aromatic nitrogens is 1. The molecule has 2 aromatic carbocycles. The van der Waals surface area contributed by atoms with Gasteiger partial charge in [-0.05, 0) is 62.4 Å². The summed E-state index contributed by atoms with van der Waals surface area (Å²) < 4.78 is 5.57. The molecule has 0 saturated carbocycles. The zero-order chi connectivity index (χ0) is 17.1. The van der Waals surface area contributed by atoms with Crippen LogP contribution in [0.2, 0.25) is 0 Å². The largest absolute Gasteiger partial charge is 0.494 e. The second-order valence-corrected chi connectivity index (χ2v) is 5.43. The van der Waals surface area contributed by atoms with Crippen molar-refractivity contribution in [3.05, 3.63) is 59.8 Å². The van der Waals surface area contributed by atoms with Gasteiger partial charge in [-0.25, -0.2) is 4.79 Å². The summed E-state index contributed by atoms with van der Waals surface area (Å²) >= 11 is 0. The van der Waals surface area contributed by atoms with Crippen LogP contribution in [0.15, 0.2) is 48.5 Å². The van der Waals surface area contributed by atoms with Crippen LogP contribution in [0.1, 0.15) is 23.0 Å². The maximum Gasteiger partial charge on any atom is 0.335 e. The molecule has 0 unspecified atom stereocenters. The predicted octanol–water partition coefficient (Wildman–Crippen LogP) is 4.81. The number of ether oxygens (including phenoxy) is 1. The number of nitrogens with one attached hydrogen (secondary N) is 1. The minimum absolute atomic E-state index is 0. The van der Waals surface area contributed by atoms with E-state index in [-0.39, 0.29) is 18.0 Å². The normalized spacial score (nSPS) is 10.2. The molecule has 0 fully saturated rings. The van der Waals surface area contributed by atoms with Crippen LogP contribution >= 0.6 is 12.4 Å². The summed E-state index contributed by atoms with van der Waals surface area (Å²) in [5.41, 5.74) is 3.75. The smallest absolute Gasteiger partial charge is 0.335 e. The molecule has 0 saturated heterocycles. The highest BCUT2D eigenvalue weighted by Gasteiger charge is 2.07. The molecule has 3 aromatic rings. The molecule has 25 heavy (non-hydrogen) atoms. The summed E-state index contributed by atoms with van der Waals surface area (Å²) in [6.07, 6.45) is 0. The third kappa shape index (κ3) is 4.19. The number of rotatable bonds is 5. The van der Waals surface area contributed by atoms with E-state index in [0.717, 1.165) is 33.7 Å². The Morgan fingerprint density at radius 2 is 1.88 bits per heavy atom. The van der Waals surface area contributed by atoms with Crippen LogP contribution in [0.3, 0.4) is 0 Å². The zero-order valence-electron chi connectivity index (χ0n) is 13.9. The van der Waals surface area contributed by atoms with Crippen molar-refractivity contribution < 1.29 is 14.6 Å². The summed E-state index contributed by atoms with van der Waals surface area (Å²) in [6, 6.07) is 14.4. The third-order valence-corrected chi connectivity index (χ3v) is 3.63. The molecule has 0 atom stereocenters. The Morgan fingerprint density at radius 1 is 1.16 bits per heavy atom. The number of anilines is 2. The number of carbonyl (C=O) groups is 1. The lowest BCUT2D eigenvalue weighted by molar-refractivity contribution is 0.0697. The zero-order valence-corrected chi connectivity index (χ0v) is 14.8. The first-order chi connectivity index (χ1) is 11.6. The van der Waals surface area contributed by atoms with Crippen LogP contribution in [-0.2, 0) is 0 Å². The van der Waals surface area contributed by atoms with E-state index in [0.29, 0.717) is 6.61 Å². The van der Waals surface area contributed by atoms with Crippen LogP contribution < -0.4 is 10.1 Å². The molecular formula is C19H19ClN2O3. The molecule has 0 aliphatic carbocycles. The first-order valence-electron chi connectivity index (χ1n) is 7.71. The highest BCUT2D eigenvalue weighted by Crippen LogP contribution is 2.29. The van der Waals surface area contributed by atoms with Gasteiger partial charge in [0.05, 0.1) is 17.7 Å². The molecule has 6 heteroatoms. The molecule has 2 N–H and O–H groups in total. The first kappa shape index (κ1) is 18.5. The van der Waals surface area contributed by atoms with Crippen LogP contribution in [0.5, 0.6) is 5.75 Å². The monoisotopic (exact) mass is 358 g/mol. The van der Waals surface area contributed by atoms with Crippen molar-refractivity contribution in [1.82, 2.24) is 4.98 Å². The molecule has 0 aliphatic heterocycles. The summed E-state index contributed by atoms with van der Waals surface area (Å²) in [5.74, 6) is -0.145. The number of aromatic carboxylic acids is 1. The number of pyridine rings is 1. The minimum atomic E-state index is -0.937. The summed E-state index contributed by atoms with van der Waals surface area (Å²) in [4.78, 5) is 15.5. The molecule has 1 aromatic heterocycles. The topological polar surface area (TPSA) is 71.5 Å². The van der Waals surface area contributed by atoms with E-state index in [1.165, 1.54) is 0 Å². The number of aryl methyl sites for hydroxylation is 1. The molecule has 0 bridgehead atoms. The third-order valence-electron chi connectivity index (χ3n) is 3.63. The van der Waals surface area contributed by atoms with Gasteiger partial charge in [-0.15, -0.1) is 12.4 Å². The van der Waals surface area contributed by atoms with E-state index in [1.54, 1.807) is 24.3 Å². The highest BCUT2D eigenvalue weighted by atomic mass is 35.5. The molecule has 130 valence electrons. The number of fused-ring (bicyclic) bond motifs is 1. The number of halogens is 1. The standard InChI is InChI=1S/C19H18N2O3.ClH/c1-3-24-15-8-9-17-16(11-15)18(10-12(2)20-17)21-14-6-4-13(5-7-14)19(22)23;/h4-11H,3H2,1-2H3,(H,20,21)(H,22,23);1H. The van der Waals surface area contributed by atoms with Crippen LogP contribution in [0.4, 0.5) is 11.4 Å². The predicted molar refractivity (Wildman–Crippen MR) is 102 cm³/mol. The fraction of sp³-hybridized carbons (Fsp3) is 0.158. The van der Waals surface area contributed by atoms with Crippen LogP contribution in [0, 0.1) is 6.92 Å². The van der Waals surface area contributed by atoms with Crippen LogP contribution in [0.25, 0.3) is 10.9 Å². The molecule has 0 aliphatic rings. The van der Waals surface area contributed by atoms with Gasteiger partial charge in [0.25, 0.3) is 0 Å². The van der Waals surface area contributed by atoms with Crippen molar-refractivity contribution in [2.45, 2.75) is 13.8 Å². The van der Waals surface area contributed by atoms with Gasteiger partial charge in [-0.3, -0.25) is 4.98 Å². The van der Waals surface area contributed by atoms with Crippen molar-refractivity contribution in [3.8, 4) is 5.75 Å². The second kappa shape index (κ2) is 7.85. The van der Waals surface area contributed by atoms with Gasteiger partial charge < -0.3 is 15.2 Å². The Hall–Kier alpha value is -2.79. The van der Waals surface area contributed by atoms with Gasteiger partial charge in [0.2, 0.25) is 0 Å². The maximum atomic E-state index is 10.9. The fourth-order valence-electron chi connectivity index (χ4n) is 2.55. The molecular weight excluding hydrogens is 340 g/mol. The lowest BCUT2D eigenvalue weighted by Gasteiger charge is -2.12. The lowest BCUT2D eigenvalue weighted by Crippen LogP contribution is -1.98. The van der Waals surface area contributed by atoms with Crippen molar-refractivity contribution >= 4 is 40.7 Å². The summed E-state index contributed by atoms with van der Waals surface area (Å²) in [7, 11) is 0. The van der Waals surface area contributed by atoms with Gasteiger partial charge in [0, 0.05) is 22.5 Å². The highest BCUT2D eigenvalue weighted by molar-refractivity contribution is 5.94. The maximum absolute atomic E-state index is 10.9. The minimum Gasteiger partial charge on any atom is -0.494 e. The Balaban J connectivity index is 0.00000225. The second-order valence-electron chi connectivity index (χ2n) is 5.43. The number of carboxylic acids is 1. The van der Waals surface area contributed by atoms with Gasteiger partial charge in [-0.2, -0.15) is 0 Å². The Kier molecular flexibility index (Phi) is 5.83. The number of hydrogen-bond acceptors (Lipinski definition) is 4. The SMILES string of the molecule is CCOc1ccc2nc(C)cc(Nc3ccc(C(=O)O)cc3)c2c1.Cl. The van der Waals surface area contributed by atoms with E-state index in [1.807, 2.05) is 38.1 Å². The number of carboxylic acid groups (broad SMARTS) is 1. The number of hydrogen-bond donors (Lipinski definition) is 2. The van der Waals surface area contributed by atoms with Gasteiger partial charge in [0.15, 0.2) is 0 Å². The Bertz CT molecular complexity index is 895. The van der Waals surface area contributed by atoms with Crippen molar-refractivity contribution in [3.63, 3.8) is 0 Å². The average Bonchev–Trinajstić information content (AvgIpc) is 2.56. The molecule has 5 nitrogen and oxygen atoms in total. The van der Waals surface area contributed by atoms with Crippen molar-refractivity contribution in [1.29, 1.82) is 0 Å². The number of nitrogens with zero attached hydrogens (tertiary/aromatic N) is 1.